The Balaban J connectivity index is 2.96. The summed E-state index contributed by atoms with van der Waals surface area (Å²) >= 11 is 0. The fourth-order valence-corrected chi connectivity index (χ4v) is 1.57. The van der Waals surface area contributed by atoms with Gasteiger partial charge in [-0.25, -0.2) is 4.79 Å². The number of benzene rings is 1. The number of rotatable bonds is 1. The number of hydrogen-bond donors (Lipinski definition) is 1. The molecule has 0 aliphatic rings. The smallest absolute Gasteiger partial charge is 0.339 e. The van der Waals surface area contributed by atoms with Crippen molar-refractivity contribution in [3.05, 3.63) is 45.8 Å². The number of fused-ring (bicyclic) bond motifs is 1. The first-order valence-corrected chi connectivity index (χ1v) is 4.45. The average Bonchev–Trinajstić information content (AvgIpc) is 2.20. The first kappa shape index (κ1) is 8.97. The van der Waals surface area contributed by atoms with E-state index >= 15 is 0 Å². The molecule has 1 aromatic heterocycles. The Morgan fingerprint density at radius 1 is 1.36 bits per heavy atom. The quantitative estimate of drug-likeness (QED) is 0.692. The topological polar surface area (TPSA) is 56.2 Å². The van der Waals surface area contributed by atoms with Gasteiger partial charge < -0.3 is 10.2 Å². The third kappa shape index (κ3) is 1.22. The maximum atomic E-state index is 11.4. The molecule has 2 N–H and O–H groups in total. The van der Waals surface area contributed by atoms with Crippen molar-refractivity contribution in [3.8, 4) is 0 Å². The zero-order valence-electron chi connectivity index (χ0n) is 7.91. The summed E-state index contributed by atoms with van der Waals surface area (Å²) in [5, 5.41) is 0.923. The molecule has 72 valence electrons. The van der Waals surface area contributed by atoms with Gasteiger partial charge in [0.05, 0.1) is 0 Å². The van der Waals surface area contributed by atoms with E-state index in [1.165, 1.54) is 0 Å². The first-order valence-electron chi connectivity index (χ1n) is 4.45. The Bertz CT molecular complexity index is 528. The molecule has 0 unspecified atom stereocenters. The van der Waals surface area contributed by atoms with Crippen LogP contribution in [0.4, 0.5) is 0 Å². The predicted molar refractivity (Wildman–Crippen MR) is 55.1 cm³/mol. The van der Waals surface area contributed by atoms with Crippen LogP contribution in [0.2, 0.25) is 0 Å². The molecule has 0 fully saturated rings. The van der Waals surface area contributed by atoms with E-state index in [2.05, 4.69) is 0 Å². The molecule has 3 nitrogen and oxygen atoms in total. The van der Waals surface area contributed by atoms with Crippen LogP contribution in [0.5, 0.6) is 0 Å². The van der Waals surface area contributed by atoms with Gasteiger partial charge in [-0.3, -0.25) is 0 Å². The van der Waals surface area contributed by atoms with Gasteiger partial charge in [0, 0.05) is 17.5 Å². The predicted octanol–water partition coefficient (Wildman–Crippen LogP) is 1.56. The lowest BCUT2D eigenvalue weighted by molar-refractivity contribution is 0.552. The van der Waals surface area contributed by atoms with Gasteiger partial charge in [-0.15, -0.1) is 0 Å². The largest absolute Gasteiger partial charge is 0.423 e. The van der Waals surface area contributed by atoms with Crippen molar-refractivity contribution in [3.63, 3.8) is 0 Å². The highest BCUT2D eigenvalue weighted by Crippen LogP contribution is 2.18. The van der Waals surface area contributed by atoms with E-state index in [4.69, 9.17) is 10.2 Å². The van der Waals surface area contributed by atoms with Gasteiger partial charge in [0.15, 0.2) is 0 Å². The molecule has 0 atom stereocenters. The van der Waals surface area contributed by atoms with Gasteiger partial charge in [-0.2, -0.15) is 0 Å². The van der Waals surface area contributed by atoms with E-state index < -0.39 is 0 Å². The SMILES string of the molecule is Cc1c(CN)c2ccccc2oc1=O. The standard InChI is InChI=1S/C11H11NO2/c1-7-9(6-12)8-4-2-3-5-10(8)14-11(7)13/h2-5H,6,12H2,1H3. The number of nitrogens with two attached hydrogens (primary N) is 1. The highest BCUT2D eigenvalue weighted by molar-refractivity contribution is 5.80. The lowest BCUT2D eigenvalue weighted by Crippen LogP contribution is -2.10. The van der Waals surface area contributed by atoms with E-state index in [0.29, 0.717) is 17.7 Å². The van der Waals surface area contributed by atoms with Crippen LogP contribution in [-0.2, 0) is 6.54 Å². The Labute approximate surface area is 81.1 Å². The third-order valence-corrected chi connectivity index (χ3v) is 2.38. The van der Waals surface area contributed by atoms with Crippen LogP contribution in [0, 0.1) is 6.92 Å². The monoisotopic (exact) mass is 189 g/mol. The molecule has 2 aromatic rings. The van der Waals surface area contributed by atoms with Crippen molar-refractivity contribution in [1.82, 2.24) is 0 Å². The minimum atomic E-state index is -0.302. The van der Waals surface area contributed by atoms with Crippen LogP contribution in [0.25, 0.3) is 11.0 Å². The van der Waals surface area contributed by atoms with E-state index in [1.807, 2.05) is 18.2 Å². The average molecular weight is 189 g/mol. The summed E-state index contributed by atoms with van der Waals surface area (Å²) in [5.74, 6) is 0. The fourth-order valence-electron chi connectivity index (χ4n) is 1.57. The summed E-state index contributed by atoms with van der Waals surface area (Å²) in [6, 6.07) is 7.42. The number of para-hydroxylation sites is 1. The second-order valence-electron chi connectivity index (χ2n) is 3.19. The molecule has 0 spiro atoms. The van der Waals surface area contributed by atoms with Gasteiger partial charge in [-0.1, -0.05) is 18.2 Å². The van der Waals surface area contributed by atoms with Crippen molar-refractivity contribution < 1.29 is 4.42 Å². The van der Waals surface area contributed by atoms with Gasteiger partial charge in [0.2, 0.25) is 0 Å². The minimum absolute atomic E-state index is 0.302. The van der Waals surface area contributed by atoms with Gasteiger partial charge in [-0.05, 0) is 18.6 Å². The molecule has 2 rings (SSSR count). The van der Waals surface area contributed by atoms with Crippen molar-refractivity contribution >= 4 is 11.0 Å². The third-order valence-electron chi connectivity index (χ3n) is 2.38. The van der Waals surface area contributed by atoms with Crippen molar-refractivity contribution in [1.29, 1.82) is 0 Å². The van der Waals surface area contributed by atoms with E-state index in [-0.39, 0.29) is 5.63 Å². The lowest BCUT2D eigenvalue weighted by atomic mass is 10.1. The van der Waals surface area contributed by atoms with Crippen LogP contribution in [0.3, 0.4) is 0 Å². The summed E-state index contributed by atoms with van der Waals surface area (Å²) in [6.07, 6.45) is 0. The van der Waals surface area contributed by atoms with Crippen molar-refractivity contribution in [2.24, 2.45) is 5.73 Å². The molecule has 1 aromatic carbocycles. The minimum Gasteiger partial charge on any atom is -0.423 e. The summed E-state index contributed by atoms with van der Waals surface area (Å²) in [7, 11) is 0. The van der Waals surface area contributed by atoms with Gasteiger partial charge in [0.25, 0.3) is 0 Å². The molecule has 0 aliphatic carbocycles. The summed E-state index contributed by atoms with van der Waals surface area (Å²) < 4.78 is 5.12. The molecular formula is C11H11NO2. The molecule has 0 bridgehead atoms. The second-order valence-corrected chi connectivity index (χ2v) is 3.19. The molecule has 0 saturated heterocycles. The van der Waals surface area contributed by atoms with Gasteiger partial charge in [0.1, 0.15) is 5.58 Å². The molecular weight excluding hydrogens is 178 g/mol. The van der Waals surface area contributed by atoms with Crippen LogP contribution < -0.4 is 11.4 Å². The molecule has 14 heavy (non-hydrogen) atoms. The fraction of sp³-hybridized carbons (Fsp3) is 0.182. The first-order chi connectivity index (χ1) is 6.74. The second kappa shape index (κ2) is 3.27. The highest BCUT2D eigenvalue weighted by Gasteiger charge is 2.08. The molecule has 0 aliphatic heterocycles. The van der Waals surface area contributed by atoms with Gasteiger partial charge >= 0.3 is 5.63 Å². The zero-order valence-corrected chi connectivity index (χ0v) is 7.91. The molecule has 0 saturated carbocycles. The highest BCUT2D eigenvalue weighted by atomic mass is 16.4. The van der Waals surface area contributed by atoms with Crippen molar-refractivity contribution in [2.45, 2.75) is 13.5 Å². The van der Waals surface area contributed by atoms with E-state index in [0.717, 1.165) is 10.9 Å². The Morgan fingerprint density at radius 2 is 2.07 bits per heavy atom. The molecule has 1 heterocycles. The van der Waals surface area contributed by atoms with Crippen LogP contribution >= 0.6 is 0 Å². The Kier molecular flexibility index (Phi) is 2.09. The summed E-state index contributed by atoms with van der Waals surface area (Å²) in [4.78, 5) is 11.4. The lowest BCUT2D eigenvalue weighted by Gasteiger charge is -2.05. The normalized spacial score (nSPS) is 10.7. The van der Waals surface area contributed by atoms with Crippen LogP contribution in [0.1, 0.15) is 11.1 Å². The maximum Gasteiger partial charge on any atom is 0.339 e. The molecule has 3 heteroatoms. The van der Waals surface area contributed by atoms with Crippen LogP contribution in [0.15, 0.2) is 33.5 Å². The van der Waals surface area contributed by atoms with Crippen LogP contribution in [-0.4, -0.2) is 0 Å². The Hall–Kier alpha value is -1.61. The molecule has 0 radical (unpaired) electrons. The zero-order chi connectivity index (χ0) is 10.1. The summed E-state index contributed by atoms with van der Waals surface area (Å²) in [5.41, 5.74) is 7.38. The Morgan fingerprint density at radius 3 is 2.79 bits per heavy atom. The van der Waals surface area contributed by atoms with E-state index in [9.17, 15) is 4.79 Å². The molecule has 0 amide bonds. The van der Waals surface area contributed by atoms with Crippen molar-refractivity contribution in [2.75, 3.05) is 0 Å². The summed E-state index contributed by atoms with van der Waals surface area (Å²) in [6.45, 7) is 2.10. The number of hydrogen-bond acceptors (Lipinski definition) is 3. The van der Waals surface area contributed by atoms with E-state index in [1.54, 1.807) is 13.0 Å². The maximum absolute atomic E-state index is 11.4.